The molecule has 1 amide bonds. The van der Waals surface area contributed by atoms with Crippen LogP contribution in [0.5, 0.6) is 0 Å². The zero-order valence-corrected chi connectivity index (χ0v) is 11.0. The van der Waals surface area contributed by atoms with Crippen molar-refractivity contribution in [3.63, 3.8) is 0 Å². The molecular weight excluding hydrogens is 242 g/mol. The summed E-state index contributed by atoms with van der Waals surface area (Å²) in [5, 5.41) is 4.15. The summed E-state index contributed by atoms with van der Waals surface area (Å²) < 4.78 is 1.50. The van der Waals surface area contributed by atoms with E-state index in [0.29, 0.717) is 6.42 Å². The second kappa shape index (κ2) is 6.31. The number of nitrogens with two attached hydrogens (primary N) is 1. The summed E-state index contributed by atoms with van der Waals surface area (Å²) in [7, 11) is 0. The molecule has 0 unspecified atom stereocenters. The minimum Gasteiger partial charge on any atom is -0.370 e. The summed E-state index contributed by atoms with van der Waals surface area (Å²) in [5.74, 6) is -0.270. The van der Waals surface area contributed by atoms with Crippen molar-refractivity contribution in [1.29, 1.82) is 0 Å². The minimum atomic E-state index is -0.270. The number of hydrogen-bond donors (Lipinski definition) is 1. The maximum atomic E-state index is 11.8. The fourth-order valence-electron chi connectivity index (χ4n) is 2.51. The van der Waals surface area contributed by atoms with Crippen molar-refractivity contribution in [2.45, 2.75) is 44.9 Å². The first kappa shape index (κ1) is 13.5. The van der Waals surface area contributed by atoms with Gasteiger partial charge in [0.25, 0.3) is 5.56 Å². The van der Waals surface area contributed by atoms with Crippen LogP contribution in [0.2, 0.25) is 0 Å². The summed E-state index contributed by atoms with van der Waals surface area (Å²) in [4.78, 5) is 22.6. The van der Waals surface area contributed by atoms with E-state index in [9.17, 15) is 9.59 Å². The molecule has 0 saturated carbocycles. The number of rotatable bonds is 5. The van der Waals surface area contributed by atoms with Gasteiger partial charge in [0.05, 0.1) is 0 Å². The van der Waals surface area contributed by atoms with Gasteiger partial charge in [-0.3, -0.25) is 9.59 Å². The second-order valence-electron chi connectivity index (χ2n) is 4.85. The minimum absolute atomic E-state index is 0.0909. The number of amides is 1. The van der Waals surface area contributed by atoms with Gasteiger partial charge in [-0.15, -0.1) is 0 Å². The highest BCUT2D eigenvalue weighted by molar-refractivity contribution is 5.73. The normalized spacial score (nSPS) is 15.6. The molecule has 0 aromatic carbocycles. The Bertz CT molecular complexity index is 546. The molecule has 5 nitrogen and oxygen atoms in total. The second-order valence-corrected chi connectivity index (χ2v) is 4.85. The molecule has 102 valence electrons. The number of carbonyl (C=O) groups is 1. The molecule has 0 radical (unpaired) electrons. The van der Waals surface area contributed by atoms with E-state index < -0.39 is 0 Å². The lowest BCUT2D eigenvalue weighted by molar-refractivity contribution is -0.118. The molecule has 0 saturated heterocycles. The number of carbonyl (C=O) groups excluding carboxylic acids is 1. The molecule has 5 heteroatoms. The standard InChI is InChI=1S/C14H19N3O2/c15-13(18)8-3-6-11-5-1-2-7-12(11)17-14(19)9-4-10-16-17/h4,9-10H,1-3,5-8H2,(H2,15,18). The van der Waals surface area contributed by atoms with Crippen molar-refractivity contribution < 1.29 is 4.79 Å². The van der Waals surface area contributed by atoms with Crippen molar-refractivity contribution in [1.82, 2.24) is 9.78 Å². The van der Waals surface area contributed by atoms with Gasteiger partial charge in [0.1, 0.15) is 0 Å². The molecule has 0 fully saturated rings. The summed E-state index contributed by atoms with van der Waals surface area (Å²) in [6.07, 6.45) is 7.67. The average Bonchev–Trinajstić information content (AvgIpc) is 2.40. The van der Waals surface area contributed by atoms with E-state index in [1.807, 2.05) is 0 Å². The summed E-state index contributed by atoms with van der Waals surface area (Å²) in [5.41, 5.74) is 7.32. The van der Waals surface area contributed by atoms with Gasteiger partial charge in [-0.1, -0.05) is 0 Å². The first-order valence-electron chi connectivity index (χ1n) is 6.72. The number of allylic oxidation sites excluding steroid dienone is 2. The smallest absolute Gasteiger partial charge is 0.271 e. The molecule has 19 heavy (non-hydrogen) atoms. The van der Waals surface area contributed by atoms with Gasteiger partial charge in [-0.2, -0.15) is 5.10 Å². The Labute approximate surface area is 112 Å². The largest absolute Gasteiger partial charge is 0.370 e. The van der Waals surface area contributed by atoms with E-state index in [1.54, 1.807) is 12.3 Å². The molecule has 0 atom stereocenters. The van der Waals surface area contributed by atoms with Crippen LogP contribution in [0.1, 0.15) is 44.9 Å². The number of nitrogens with zero attached hydrogens (tertiary/aromatic N) is 2. The monoisotopic (exact) mass is 261 g/mol. The van der Waals surface area contributed by atoms with Crippen molar-refractivity contribution in [2.75, 3.05) is 0 Å². The van der Waals surface area contributed by atoms with E-state index in [0.717, 1.165) is 44.2 Å². The molecule has 1 aromatic rings. The molecule has 2 N–H and O–H groups in total. The maximum Gasteiger partial charge on any atom is 0.271 e. The SMILES string of the molecule is NC(=O)CCCC1=C(n2ncccc2=O)CCCC1. The number of primary amides is 1. The number of aromatic nitrogens is 2. The maximum absolute atomic E-state index is 11.8. The molecular formula is C14H19N3O2. The van der Waals surface area contributed by atoms with Gasteiger partial charge >= 0.3 is 0 Å². The Balaban J connectivity index is 2.22. The topological polar surface area (TPSA) is 78.0 Å². The molecule has 1 aromatic heterocycles. The average molecular weight is 261 g/mol. The Hall–Kier alpha value is -1.91. The van der Waals surface area contributed by atoms with Gasteiger partial charge in [-0.05, 0) is 50.2 Å². The van der Waals surface area contributed by atoms with Crippen LogP contribution in [-0.2, 0) is 4.79 Å². The van der Waals surface area contributed by atoms with Crippen LogP contribution in [0.4, 0.5) is 0 Å². The van der Waals surface area contributed by atoms with Crippen molar-refractivity contribution in [3.05, 3.63) is 34.3 Å². The Kier molecular flexibility index (Phi) is 4.49. The number of hydrogen-bond acceptors (Lipinski definition) is 3. The van der Waals surface area contributed by atoms with Crippen LogP contribution in [0.3, 0.4) is 0 Å². The lowest BCUT2D eigenvalue weighted by Gasteiger charge is -2.20. The highest BCUT2D eigenvalue weighted by Gasteiger charge is 2.15. The third-order valence-electron chi connectivity index (χ3n) is 3.42. The van der Waals surface area contributed by atoms with Crippen molar-refractivity contribution in [2.24, 2.45) is 5.73 Å². The lowest BCUT2D eigenvalue weighted by atomic mass is 9.92. The third-order valence-corrected chi connectivity index (χ3v) is 3.42. The van der Waals surface area contributed by atoms with Crippen molar-refractivity contribution in [3.8, 4) is 0 Å². The van der Waals surface area contributed by atoms with Crippen LogP contribution in [0.15, 0.2) is 28.7 Å². The van der Waals surface area contributed by atoms with E-state index in [4.69, 9.17) is 5.73 Å². The van der Waals surface area contributed by atoms with E-state index in [-0.39, 0.29) is 11.5 Å². The van der Waals surface area contributed by atoms with Gasteiger partial charge in [-0.25, -0.2) is 4.68 Å². The predicted octanol–water partition coefficient (Wildman–Crippen LogP) is 1.68. The molecule has 0 aliphatic heterocycles. The van der Waals surface area contributed by atoms with Crippen LogP contribution < -0.4 is 11.3 Å². The fourth-order valence-corrected chi connectivity index (χ4v) is 2.51. The highest BCUT2D eigenvalue weighted by atomic mass is 16.1. The van der Waals surface area contributed by atoms with E-state index >= 15 is 0 Å². The Morgan fingerprint density at radius 3 is 2.89 bits per heavy atom. The highest BCUT2D eigenvalue weighted by Crippen LogP contribution is 2.30. The van der Waals surface area contributed by atoms with Crippen LogP contribution in [0.25, 0.3) is 5.70 Å². The van der Waals surface area contributed by atoms with Crippen molar-refractivity contribution >= 4 is 11.6 Å². The zero-order chi connectivity index (χ0) is 13.7. The van der Waals surface area contributed by atoms with Gasteiger partial charge in [0.15, 0.2) is 0 Å². The Morgan fingerprint density at radius 1 is 1.37 bits per heavy atom. The van der Waals surface area contributed by atoms with Gasteiger partial charge in [0.2, 0.25) is 5.91 Å². The molecule has 1 aliphatic carbocycles. The predicted molar refractivity (Wildman–Crippen MR) is 73.2 cm³/mol. The zero-order valence-electron chi connectivity index (χ0n) is 11.0. The third kappa shape index (κ3) is 3.53. The fraction of sp³-hybridized carbons (Fsp3) is 0.500. The lowest BCUT2D eigenvalue weighted by Crippen LogP contribution is -2.23. The van der Waals surface area contributed by atoms with E-state index in [2.05, 4.69) is 5.10 Å². The summed E-state index contributed by atoms with van der Waals surface area (Å²) >= 11 is 0. The first-order valence-corrected chi connectivity index (χ1v) is 6.72. The summed E-state index contributed by atoms with van der Waals surface area (Å²) in [6.45, 7) is 0. The first-order chi connectivity index (χ1) is 9.18. The molecule has 1 heterocycles. The summed E-state index contributed by atoms with van der Waals surface area (Å²) in [6, 6.07) is 3.17. The molecule has 2 rings (SSSR count). The Morgan fingerprint density at radius 2 is 2.16 bits per heavy atom. The van der Waals surface area contributed by atoms with Gasteiger partial charge in [0, 0.05) is 24.4 Å². The molecule has 0 bridgehead atoms. The molecule has 0 spiro atoms. The van der Waals surface area contributed by atoms with E-state index in [1.165, 1.54) is 16.3 Å². The van der Waals surface area contributed by atoms with Gasteiger partial charge < -0.3 is 5.73 Å². The van der Waals surface area contributed by atoms with Crippen LogP contribution in [-0.4, -0.2) is 15.7 Å². The quantitative estimate of drug-likeness (QED) is 0.876. The van der Waals surface area contributed by atoms with Crippen LogP contribution >= 0.6 is 0 Å². The molecule has 1 aliphatic rings. The van der Waals surface area contributed by atoms with Crippen LogP contribution in [0, 0.1) is 0 Å².